The van der Waals surface area contributed by atoms with E-state index in [2.05, 4.69) is 0 Å². The summed E-state index contributed by atoms with van der Waals surface area (Å²) in [5.41, 5.74) is -30.0. The van der Waals surface area contributed by atoms with Crippen LogP contribution in [0.1, 0.15) is 195 Å². The highest BCUT2D eigenvalue weighted by molar-refractivity contribution is 6.32. The predicted molar refractivity (Wildman–Crippen MR) is 635 cm³/mol. The summed E-state index contributed by atoms with van der Waals surface area (Å²) in [6, 6.07) is -72.9. The summed E-state index contributed by atoms with van der Waals surface area (Å²) in [5, 5.41) is -15.0. The van der Waals surface area contributed by atoms with E-state index in [0.29, 0.717) is 0 Å². The lowest BCUT2D eigenvalue weighted by Gasteiger charge is -2.24. The van der Waals surface area contributed by atoms with E-state index in [1.165, 1.54) is 13.8 Å². The largest absolute Gasteiger partial charge is 0.455 e. The van der Waals surface area contributed by atoms with Crippen molar-refractivity contribution in [3.05, 3.63) is 517 Å². The molecule has 0 N–H and O–H groups in total. The first-order valence-corrected chi connectivity index (χ1v) is 45.3. The van der Waals surface area contributed by atoms with E-state index in [9.17, 15) is 45.2 Å². The molecule has 3 aromatic heterocycles. The molecular formula is C147H98O3. The lowest BCUT2D eigenvalue weighted by Crippen LogP contribution is -2.16. The van der Waals surface area contributed by atoms with Crippen LogP contribution in [0, 0.1) is 0 Å². The monoisotopic (exact) mass is 2000 g/mol. The first-order chi connectivity index (χ1) is 110. The average Bonchev–Trinajstić information content (AvgIpc) is 1.48. The van der Waals surface area contributed by atoms with Crippen molar-refractivity contribution in [3.63, 3.8) is 0 Å². The van der Waals surface area contributed by atoms with Gasteiger partial charge in [-0.1, -0.05) is 482 Å². The van der Waals surface area contributed by atoms with Crippen LogP contribution in [0.5, 0.6) is 0 Å². The van der Waals surface area contributed by atoms with Crippen LogP contribution in [-0.2, 0) is 16.2 Å². The predicted octanol–water partition coefficient (Wildman–Crippen LogP) is 41.4. The van der Waals surface area contributed by atoms with Crippen molar-refractivity contribution in [1.82, 2.24) is 0 Å². The molecule has 0 fully saturated rings. The van der Waals surface area contributed by atoms with Crippen LogP contribution < -0.4 is 0 Å². The zero-order valence-electron chi connectivity index (χ0n) is 164. The molecule has 1 unspecified atom stereocenters. The molecule has 0 spiro atoms. The third-order valence-corrected chi connectivity index (χ3v) is 27.1. The molecule has 26 aromatic carbocycles. The van der Waals surface area contributed by atoms with Crippen molar-refractivity contribution in [2.75, 3.05) is 0 Å². The summed E-state index contributed by atoms with van der Waals surface area (Å²) in [4.78, 5) is 0. The highest BCUT2D eigenvalue weighted by Crippen LogP contribution is 2.60. The molecule has 3 aliphatic carbocycles. The molecule has 150 heavy (non-hydrogen) atoms. The smallest absolute Gasteiger partial charge is 0.143 e. The molecule has 0 aliphatic heterocycles. The van der Waals surface area contributed by atoms with E-state index in [4.69, 9.17) is 88.6 Å². The first-order valence-electron chi connectivity index (χ1n) is 89.3. The third-order valence-electron chi connectivity index (χ3n) is 27.1. The van der Waals surface area contributed by atoms with Gasteiger partial charge in [0.15, 0.2) is 0 Å². The van der Waals surface area contributed by atoms with Crippen LogP contribution in [-0.4, -0.2) is 0 Å². The molecule has 3 heterocycles. The second-order valence-corrected chi connectivity index (χ2v) is 35.4. The van der Waals surface area contributed by atoms with Gasteiger partial charge in [-0.3, -0.25) is 0 Å². The van der Waals surface area contributed by atoms with Crippen molar-refractivity contribution in [1.29, 1.82) is 0 Å². The molecule has 0 radical (unpaired) electrons. The van der Waals surface area contributed by atoms with Gasteiger partial charge in [0.25, 0.3) is 0 Å². The zero-order valence-corrected chi connectivity index (χ0v) is 76.3. The van der Waals surface area contributed by atoms with Gasteiger partial charge in [-0.05, 0) is 279 Å². The summed E-state index contributed by atoms with van der Waals surface area (Å²) in [6.07, 6.45) is 0. The fourth-order valence-electron chi connectivity index (χ4n) is 20.6. The fraction of sp³-hybridized carbons (Fsp3) is 0.0612. The summed E-state index contributed by atoms with van der Waals surface area (Å²) < 4.78 is 819. The Labute approximate surface area is 992 Å². The van der Waals surface area contributed by atoms with Gasteiger partial charge >= 0.3 is 0 Å². The van der Waals surface area contributed by atoms with E-state index >= 15 is 0 Å². The Balaban J connectivity index is 0.000000146. The van der Waals surface area contributed by atoms with Gasteiger partial charge in [-0.2, -0.15) is 0 Å². The fourth-order valence-corrected chi connectivity index (χ4v) is 20.6. The van der Waals surface area contributed by atoms with E-state index in [0.717, 1.165) is 13.0 Å². The van der Waals surface area contributed by atoms with Crippen LogP contribution in [0.15, 0.2) is 497 Å². The average molecular weight is 2000 g/mol. The summed E-state index contributed by atoms with van der Waals surface area (Å²) >= 11 is 0. The van der Waals surface area contributed by atoms with E-state index in [1.54, 1.807) is 0 Å². The van der Waals surface area contributed by atoms with Gasteiger partial charge in [0.1, 0.15) is 33.5 Å². The Morgan fingerprint density at radius 1 is 0.167 bits per heavy atom. The summed E-state index contributed by atoms with van der Waals surface area (Å²) in [5.74, 6) is 0. The topological polar surface area (TPSA) is 39.4 Å². The molecule has 32 rings (SSSR count). The van der Waals surface area contributed by atoms with Crippen molar-refractivity contribution >= 4 is 163 Å². The Hall–Kier alpha value is -18.5. The van der Waals surface area contributed by atoms with Gasteiger partial charge in [-0.25, -0.2) is 0 Å². The molecule has 0 amide bonds. The Bertz CT molecular complexity index is 16200. The first kappa shape index (κ1) is 36.2. The maximum Gasteiger partial charge on any atom is 0.143 e. The number of benzene rings is 26. The Morgan fingerprint density at radius 2 is 0.440 bits per heavy atom. The zero-order chi connectivity index (χ0) is 176. The lowest BCUT2D eigenvalue weighted by molar-refractivity contribution is 0.660. The lowest BCUT2D eigenvalue weighted by atomic mass is 9.78. The molecular weight excluding hydrogens is 1810 g/mol. The molecule has 3 nitrogen and oxygen atoms in total. The van der Waals surface area contributed by atoms with Crippen LogP contribution in [0.4, 0.5) is 0 Å². The number of hydrogen-bond donors (Lipinski definition) is 0. The molecule has 3 heteroatoms. The van der Waals surface area contributed by atoms with Gasteiger partial charge in [0.2, 0.25) is 0 Å². The molecule has 0 bridgehead atoms. The van der Waals surface area contributed by atoms with E-state index < -0.39 is 794 Å². The van der Waals surface area contributed by atoms with Crippen molar-refractivity contribution < 1.29 is 134 Å². The van der Waals surface area contributed by atoms with Crippen LogP contribution in [0.2, 0.25) is 0 Å². The second-order valence-electron chi connectivity index (χ2n) is 35.4. The molecule has 0 saturated heterocycles. The normalized spacial score (nSPS) is 22.6. The third kappa shape index (κ3) is 12.9. The van der Waals surface area contributed by atoms with Crippen molar-refractivity contribution in [3.8, 4) is 122 Å². The standard InChI is InChI=1S/2C51H34O.C45H30O/c1-51(2)44-23-10-9-15-36(44)41-21-11-20-34(49(41)51)32-25-27-33(28-26-32)46-37-16-5-7-18-39(37)47(40-19-8-6-17-38(40)46)42-22-12-24-45-48(42)43-30-29-31-13-3-4-14-35(31)50(43)52-45;1-51(2)44-20-10-9-14-36(44)37-28-27-34(30-45(37)51)31-22-24-33(25-23-31)47-38-15-5-7-17-40(38)48(41-18-8-6-16-39(41)47)42-19-11-21-46-49(42)43-29-26-32-12-3-4-13-35(32)50(43)52-46;1-45(2)37-22-10-9-19-33(37)42-34(20-11-23-38(42)45)40-29-15-5-7-17-31(29)41(32-18-8-6-16-30(32)40)35-21-12-24-39-43(35)36-26-25-27-13-3-4-14-28(27)44(36)46-39/h2*3-30H,1-2H3;3-26H,1-2H3/i1D3,2D3,3D,4D,5D,6D,7D,8D,9D,10D,11D,12D,13D,14D,15D,16D,17D,18D,19D,20D,21D,22D,23D,24D,25D,26D,27D,28D,29D,30D;1D3,3D,4D,5D,6D,7D,8D,9D,10D,11D,12D,13D,14D,15D,16D,17D,18D,19D,20D,21D,22D,23D,24D,25D,26D,27D,28D,29D;3D,4D,5D,6D,7D,8D,9D,10D,11D,12D,13D,14D,15D,16D,17D,18D,19D,20D,21D,22D,23D,24D,25D,26D. The molecule has 29 aromatic rings. The molecule has 1 atom stereocenters. The quantitative estimate of drug-likeness (QED) is 0.142. The van der Waals surface area contributed by atoms with Crippen LogP contribution in [0.25, 0.3) is 285 Å². The van der Waals surface area contributed by atoms with Gasteiger partial charge < -0.3 is 13.3 Å². The van der Waals surface area contributed by atoms with Gasteiger partial charge in [0, 0.05) is 77.1 Å². The van der Waals surface area contributed by atoms with Crippen molar-refractivity contribution in [2.45, 2.75) is 57.6 Å². The Kier molecular flexibility index (Phi) is 8.03. The van der Waals surface area contributed by atoms with Gasteiger partial charge in [0.05, 0.1) is 108 Å². The number of rotatable bonds is 8. The molecule has 3 aliphatic rings. The van der Waals surface area contributed by atoms with Crippen LogP contribution in [0.3, 0.4) is 0 Å². The van der Waals surface area contributed by atoms with E-state index in [1.807, 2.05) is 0 Å². The minimum Gasteiger partial charge on any atom is -0.455 e. The SMILES string of the molecule is [2H]c1c(-c2c([2H])c([2H])c(-c3c4c([2H])c([2H])c([2H])c([2H])c4c(-c4c([2H])c([2H])c([2H])c5oc6c7c([2H])c([2H])c([2H])c([2H])c7c([2H])c([2H])c6c45)c4c([2H])c([2H])c([2H])c([2H])c34)c([2H])c2[2H])cc2c(c1[2H])-c1c([2H])c([2H])c([2H])c([2H])c1C2(C)C([2H])([2H])[2H].[2H]c1c([2H])c([2H])c2c(c1[2H])-c1c(-c3c4c([2H])c([2H])c([2H])c([2H])c4c(-c4c([2H])c([2H])c([2H])c5oc6c7c([2H])c([2H])c([2H])c([2H])c7c([2H])c([2H])c6c45)c4c([2H])c([2H])c([2H])c([2H])c34)c([2H])c([2H])c([2H])c1C2(C)C.[2H]c1c([2H])c([2H])c2c(c1[2H])-c1c([2H])c([2H])c([2H])c(-c3c([2H])c([2H])c(-c4c5c([2H])c([2H])c([2H])c([2H])c5c(-c5c([2H])c([2H])c([2H])c6oc7c8c([2H])c([2H])c([2H])c([2H])c8c([2H])c([2H])c7c56)c5c([2H])c([2H])c([2H])c([2H])c45)c([2H])c3[2H])c1C2(C([2H])([2H])[2H])C([2H])([2H])[2H]. The maximum absolute atomic E-state index is 9.83. The second kappa shape index (κ2) is 33.2. The molecule has 0 saturated carbocycles. The number of hydrogen-bond acceptors (Lipinski definition) is 3. The highest BCUT2D eigenvalue weighted by Gasteiger charge is 2.41. The maximum atomic E-state index is 9.83. The van der Waals surface area contributed by atoms with Crippen molar-refractivity contribution in [2.24, 2.45) is 0 Å². The molecule has 704 valence electrons. The minimum atomic E-state index is -3.97. The number of fused-ring (bicyclic) bond motifs is 30. The summed E-state index contributed by atoms with van der Waals surface area (Å²) in [6.45, 7) is -6.89. The summed E-state index contributed by atoms with van der Waals surface area (Å²) in [7, 11) is 0. The van der Waals surface area contributed by atoms with Gasteiger partial charge in [-0.15, -0.1) is 0 Å². The minimum absolute atomic E-state index is 0.0498. The Morgan fingerprint density at radius 3 is 0.847 bits per heavy atom. The van der Waals surface area contributed by atoms with E-state index in [-0.39, 0.29) is 38.9 Å². The highest BCUT2D eigenvalue weighted by atomic mass is 16.3. The number of furan rings is 3. The van der Waals surface area contributed by atoms with Crippen LogP contribution >= 0.6 is 0 Å².